The average molecular weight is 753 g/mol. The van der Waals surface area contributed by atoms with Crippen LogP contribution in [0.2, 0.25) is 0 Å². The van der Waals surface area contributed by atoms with Crippen molar-refractivity contribution in [2.75, 3.05) is 13.2 Å². The lowest BCUT2D eigenvalue weighted by molar-refractivity contribution is -0.298. The molecule has 0 aromatic heterocycles. The van der Waals surface area contributed by atoms with Crippen LogP contribution >= 0.6 is 0 Å². The second kappa shape index (κ2) is 32.8. The first-order valence-electron chi connectivity index (χ1n) is 20.5. The van der Waals surface area contributed by atoms with Gasteiger partial charge in [0.05, 0.1) is 6.61 Å². The van der Waals surface area contributed by atoms with Gasteiger partial charge in [0.15, 0.2) is 18.5 Å². The molecule has 0 spiro atoms. The zero-order valence-electron chi connectivity index (χ0n) is 32.8. The Morgan fingerprint density at radius 3 is 1.66 bits per heavy atom. The number of aliphatic carboxylic acids is 1. The molecule has 1 fully saturated rings. The van der Waals surface area contributed by atoms with Crippen molar-refractivity contribution in [2.24, 2.45) is 0 Å². The molecule has 0 aliphatic carbocycles. The molecule has 11 heteroatoms. The Morgan fingerprint density at radius 1 is 0.585 bits per heavy atom. The highest BCUT2D eigenvalue weighted by molar-refractivity contribution is 5.73. The summed E-state index contributed by atoms with van der Waals surface area (Å²) in [5.74, 6) is -2.48. The maximum atomic E-state index is 12.7. The maximum absolute atomic E-state index is 12.7. The number of hydrogen-bond acceptors (Lipinski definition) is 10. The van der Waals surface area contributed by atoms with Crippen LogP contribution in [-0.2, 0) is 33.3 Å². The summed E-state index contributed by atoms with van der Waals surface area (Å²) >= 11 is 0. The summed E-state index contributed by atoms with van der Waals surface area (Å²) in [6.45, 7) is 3.70. The molecule has 6 atom stereocenters. The first-order chi connectivity index (χ1) is 25.7. The van der Waals surface area contributed by atoms with E-state index in [2.05, 4.69) is 50.3 Å². The molecule has 1 rings (SSSR count). The Morgan fingerprint density at radius 2 is 1.09 bits per heavy atom. The third-order valence-corrected chi connectivity index (χ3v) is 9.19. The Kier molecular flexibility index (Phi) is 30.0. The average Bonchev–Trinajstić information content (AvgIpc) is 3.14. The van der Waals surface area contributed by atoms with Gasteiger partial charge in [-0.05, 0) is 64.2 Å². The van der Waals surface area contributed by atoms with Gasteiger partial charge in [0.1, 0.15) is 24.9 Å². The van der Waals surface area contributed by atoms with Crippen molar-refractivity contribution >= 4 is 17.9 Å². The highest BCUT2D eigenvalue weighted by Gasteiger charge is 2.47. The molecule has 0 aromatic rings. The molecule has 4 N–H and O–H groups in total. The largest absolute Gasteiger partial charge is 0.479 e. The summed E-state index contributed by atoms with van der Waals surface area (Å²) in [7, 11) is 0. The van der Waals surface area contributed by atoms with E-state index < -0.39 is 61.3 Å². The van der Waals surface area contributed by atoms with Crippen molar-refractivity contribution in [1.29, 1.82) is 0 Å². The minimum atomic E-state index is -1.86. The molecule has 11 nitrogen and oxygen atoms in total. The summed E-state index contributed by atoms with van der Waals surface area (Å²) in [6, 6.07) is 0. The first kappa shape index (κ1) is 48.4. The number of aliphatic hydroxyl groups excluding tert-OH is 3. The molecule has 1 heterocycles. The monoisotopic (exact) mass is 753 g/mol. The summed E-state index contributed by atoms with van der Waals surface area (Å²) in [5, 5.41) is 39.7. The van der Waals surface area contributed by atoms with Crippen LogP contribution in [0.3, 0.4) is 0 Å². The topological polar surface area (TPSA) is 169 Å². The van der Waals surface area contributed by atoms with Crippen molar-refractivity contribution in [1.82, 2.24) is 0 Å². The van der Waals surface area contributed by atoms with Gasteiger partial charge in [-0.15, -0.1) is 0 Å². The van der Waals surface area contributed by atoms with Crippen molar-refractivity contribution < 1.29 is 53.8 Å². The minimum Gasteiger partial charge on any atom is -0.479 e. The fourth-order valence-corrected chi connectivity index (χ4v) is 5.91. The maximum Gasteiger partial charge on any atom is 0.335 e. The third-order valence-electron chi connectivity index (χ3n) is 9.19. The number of allylic oxidation sites excluding steroid dienone is 6. The van der Waals surface area contributed by atoms with E-state index >= 15 is 0 Å². The van der Waals surface area contributed by atoms with Crippen molar-refractivity contribution in [3.8, 4) is 0 Å². The molecule has 53 heavy (non-hydrogen) atoms. The van der Waals surface area contributed by atoms with Crippen LogP contribution in [0.5, 0.6) is 0 Å². The predicted octanol–water partition coefficient (Wildman–Crippen LogP) is 8.03. The van der Waals surface area contributed by atoms with Gasteiger partial charge in [-0.2, -0.15) is 0 Å². The van der Waals surface area contributed by atoms with E-state index in [0.29, 0.717) is 12.8 Å². The molecule has 1 aliphatic heterocycles. The van der Waals surface area contributed by atoms with E-state index in [9.17, 15) is 34.8 Å². The Balaban J connectivity index is 2.44. The third kappa shape index (κ3) is 25.2. The van der Waals surface area contributed by atoms with E-state index in [1.54, 1.807) is 0 Å². The van der Waals surface area contributed by atoms with E-state index in [1.807, 2.05) is 0 Å². The summed E-state index contributed by atoms with van der Waals surface area (Å²) in [5.41, 5.74) is 0. The van der Waals surface area contributed by atoms with Crippen LogP contribution in [0.25, 0.3) is 0 Å². The molecule has 6 unspecified atom stereocenters. The fraction of sp³-hybridized carbons (Fsp3) is 0.786. The number of rotatable bonds is 33. The Hall–Kier alpha value is -2.57. The van der Waals surface area contributed by atoms with Crippen LogP contribution < -0.4 is 0 Å². The second-order valence-corrected chi connectivity index (χ2v) is 14.1. The van der Waals surface area contributed by atoms with Gasteiger partial charge in [0, 0.05) is 12.8 Å². The Labute approximate surface area is 319 Å². The lowest BCUT2D eigenvalue weighted by atomic mass is 9.99. The summed E-state index contributed by atoms with van der Waals surface area (Å²) < 4.78 is 21.6. The summed E-state index contributed by atoms with van der Waals surface area (Å²) in [6.07, 6.45) is 26.3. The van der Waals surface area contributed by atoms with Gasteiger partial charge >= 0.3 is 17.9 Å². The standard InChI is InChI=1S/C42H72O11/c1-3-5-7-9-11-13-15-17-19-21-23-25-27-29-31-36(44)52-34(33-51-42-39(47)37(45)38(46)40(53-42)41(48)49)32-50-35(43)30-28-26-24-22-20-18-16-14-12-10-8-6-4-2/h8,10,14-17,34,37-40,42,45-47H,3-7,9,11-13,18-33H2,1-2H3,(H,48,49)/b10-8-,16-14-,17-15-. The minimum absolute atomic E-state index is 0.169. The van der Waals surface area contributed by atoms with Gasteiger partial charge < -0.3 is 39.4 Å². The van der Waals surface area contributed by atoms with Crippen molar-refractivity contribution in [3.05, 3.63) is 36.5 Å². The molecular weight excluding hydrogens is 680 g/mol. The number of hydrogen-bond donors (Lipinski definition) is 4. The van der Waals surface area contributed by atoms with E-state index in [0.717, 1.165) is 83.5 Å². The highest BCUT2D eigenvalue weighted by atomic mass is 16.7. The quantitative estimate of drug-likeness (QED) is 0.0291. The number of carbonyl (C=O) groups excluding carboxylic acids is 2. The van der Waals surface area contributed by atoms with Gasteiger partial charge in [-0.25, -0.2) is 4.79 Å². The lowest BCUT2D eigenvalue weighted by Gasteiger charge is -2.38. The van der Waals surface area contributed by atoms with Gasteiger partial charge in [-0.1, -0.05) is 121 Å². The fourth-order valence-electron chi connectivity index (χ4n) is 5.91. The van der Waals surface area contributed by atoms with Crippen LogP contribution in [0.4, 0.5) is 0 Å². The van der Waals surface area contributed by atoms with E-state index in [-0.39, 0.29) is 19.4 Å². The summed E-state index contributed by atoms with van der Waals surface area (Å²) in [4.78, 5) is 36.7. The molecule has 0 aromatic carbocycles. The molecule has 0 amide bonds. The van der Waals surface area contributed by atoms with Gasteiger partial charge in [-0.3, -0.25) is 9.59 Å². The number of carboxylic acids is 1. The normalized spacial score (nSPS) is 21.1. The zero-order valence-corrected chi connectivity index (χ0v) is 32.8. The van der Waals surface area contributed by atoms with Crippen LogP contribution in [-0.4, -0.2) is 88.4 Å². The zero-order chi connectivity index (χ0) is 38.9. The SMILES string of the molecule is CCC/C=C\C/C=C\CCCCCCCC(=O)OCC(COC1OC(C(=O)O)C(O)C(O)C1O)OC(=O)CCCCCCC/C=C\CCCCCCC. The van der Waals surface area contributed by atoms with Crippen molar-refractivity contribution in [2.45, 2.75) is 198 Å². The van der Waals surface area contributed by atoms with Gasteiger partial charge in [0.2, 0.25) is 0 Å². The molecule has 306 valence electrons. The van der Waals surface area contributed by atoms with Gasteiger partial charge in [0.25, 0.3) is 0 Å². The van der Waals surface area contributed by atoms with E-state index in [1.165, 1.54) is 38.5 Å². The smallest absolute Gasteiger partial charge is 0.335 e. The molecular formula is C42H72O11. The second-order valence-electron chi connectivity index (χ2n) is 14.1. The predicted molar refractivity (Wildman–Crippen MR) is 206 cm³/mol. The van der Waals surface area contributed by atoms with Crippen LogP contribution in [0.15, 0.2) is 36.5 Å². The van der Waals surface area contributed by atoms with E-state index in [4.69, 9.17) is 18.9 Å². The van der Waals surface area contributed by atoms with Crippen molar-refractivity contribution in [3.63, 3.8) is 0 Å². The molecule has 0 saturated carbocycles. The Bertz CT molecular complexity index is 1030. The first-order valence-corrected chi connectivity index (χ1v) is 20.5. The van der Waals surface area contributed by atoms with Crippen LogP contribution in [0.1, 0.15) is 162 Å². The number of esters is 2. The molecule has 1 aliphatic rings. The number of ether oxygens (including phenoxy) is 4. The highest BCUT2D eigenvalue weighted by Crippen LogP contribution is 2.23. The number of aliphatic hydroxyl groups is 3. The van der Waals surface area contributed by atoms with Crippen LogP contribution in [0, 0.1) is 0 Å². The lowest BCUT2D eigenvalue weighted by Crippen LogP contribution is -2.60. The number of carbonyl (C=O) groups is 3. The molecule has 0 bridgehead atoms. The number of unbranched alkanes of at least 4 members (excludes halogenated alkanes) is 16. The number of carboxylic acid groups (broad SMARTS) is 1. The molecule has 0 radical (unpaired) electrons. The molecule has 1 saturated heterocycles.